The molecule has 0 atom stereocenters. The number of hydrogen-bond acceptors (Lipinski definition) is 7. The predicted octanol–water partition coefficient (Wildman–Crippen LogP) is 5.73. The number of anilines is 4. The molecule has 2 aliphatic heterocycles. The summed E-state index contributed by atoms with van der Waals surface area (Å²) in [6, 6.07) is 12.5. The largest absolute Gasteiger partial charge is 0.365 e. The SMILES string of the molecule is CCNN1CCC(c2ccc(Nc3ncc(Cl)c(NCc4cccc5c4C(C)(C)C(=O)N5)n3)c(C)c2)CC1. The maximum atomic E-state index is 12.4. The lowest BCUT2D eigenvalue weighted by molar-refractivity contribution is -0.119. The van der Waals surface area contributed by atoms with Gasteiger partial charge < -0.3 is 16.0 Å². The highest BCUT2D eigenvalue weighted by Gasteiger charge is 2.39. The Hall–Kier alpha value is -3.20. The topological polar surface area (TPSA) is 94.2 Å². The Balaban J connectivity index is 1.27. The second-order valence-corrected chi connectivity index (χ2v) is 11.0. The van der Waals surface area contributed by atoms with E-state index in [0.29, 0.717) is 29.3 Å². The highest BCUT2D eigenvalue weighted by molar-refractivity contribution is 6.32. The van der Waals surface area contributed by atoms with Gasteiger partial charge in [0.25, 0.3) is 0 Å². The molecule has 0 unspecified atom stereocenters. The molecule has 1 fully saturated rings. The van der Waals surface area contributed by atoms with Crippen molar-refractivity contribution >= 4 is 40.6 Å². The standard InChI is InChI=1S/C29H36ClN7O/c1-5-33-37-13-11-19(12-14-37)20-9-10-23(18(2)15-20)35-28-32-17-22(30)26(36-28)31-16-21-7-6-8-24-25(21)29(3,4)27(38)34-24/h6-10,15,17,19,33H,5,11-14,16H2,1-4H3,(H,34,38)(H2,31,32,35,36). The van der Waals surface area contributed by atoms with E-state index in [1.54, 1.807) is 6.20 Å². The van der Waals surface area contributed by atoms with Gasteiger partial charge in [-0.05, 0) is 73.9 Å². The number of fused-ring (bicyclic) bond motifs is 1. The zero-order valence-corrected chi connectivity index (χ0v) is 23.2. The fraction of sp³-hybridized carbons (Fsp3) is 0.414. The van der Waals surface area contributed by atoms with Crippen LogP contribution < -0.4 is 21.4 Å². The highest BCUT2D eigenvalue weighted by Crippen LogP contribution is 2.40. The van der Waals surface area contributed by atoms with Crippen molar-refractivity contribution in [2.45, 2.75) is 58.4 Å². The van der Waals surface area contributed by atoms with Crippen molar-refractivity contribution in [3.8, 4) is 0 Å². The Morgan fingerprint density at radius 1 is 1.18 bits per heavy atom. The van der Waals surface area contributed by atoms with Gasteiger partial charge in [0.15, 0.2) is 5.82 Å². The number of hydrogen-bond donors (Lipinski definition) is 4. The van der Waals surface area contributed by atoms with Crippen LogP contribution in [0.1, 0.15) is 61.8 Å². The second-order valence-electron chi connectivity index (χ2n) is 10.6. The number of rotatable bonds is 8. The summed E-state index contributed by atoms with van der Waals surface area (Å²) in [5.41, 5.74) is 9.23. The van der Waals surface area contributed by atoms with Gasteiger partial charge >= 0.3 is 0 Å². The Bertz CT molecular complexity index is 1330. The Labute approximate surface area is 229 Å². The van der Waals surface area contributed by atoms with Crippen LogP contribution in [0, 0.1) is 6.92 Å². The van der Waals surface area contributed by atoms with E-state index in [0.717, 1.165) is 60.5 Å². The van der Waals surface area contributed by atoms with Gasteiger partial charge in [0.2, 0.25) is 11.9 Å². The lowest BCUT2D eigenvalue weighted by atomic mass is 9.83. The summed E-state index contributed by atoms with van der Waals surface area (Å²) >= 11 is 6.44. The molecule has 3 heterocycles. The number of hydrazine groups is 1. The van der Waals surface area contributed by atoms with Gasteiger partial charge in [0.05, 0.1) is 11.6 Å². The van der Waals surface area contributed by atoms with Crippen LogP contribution >= 0.6 is 11.6 Å². The first-order valence-electron chi connectivity index (χ1n) is 13.3. The van der Waals surface area contributed by atoms with Crippen molar-refractivity contribution in [1.82, 2.24) is 20.4 Å². The molecular weight excluding hydrogens is 498 g/mol. The number of aryl methyl sites for hydroxylation is 1. The van der Waals surface area contributed by atoms with Crippen LogP contribution in [0.4, 0.5) is 23.1 Å². The molecule has 0 spiro atoms. The molecule has 38 heavy (non-hydrogen) atoms. The lowest BCUT2D eigenvalue weighted by Crippen LogP contribution is -2.43. The number of aromatic nitrogens is 2. The third-order valence-electron chi connectivity index (χ3n) is 7.63. The van der Waals surface area contributed by atoms with Crippen LogP contribution in [-0.4, -0.2) is 40.5 Å². The molecule has 1 saturated heterocycles. The molecule has 2 aromatic carbocycles. The first kappa shape index (κ1) is 26.4. The highest BCUT2D eigenvalue weighted by atomic mass is 35.5. The van der Waals surface area contributed by atoms with Gasteiger partial charge in [-0.2, -0.15) is 4.98 Å². The molecule has 8 nitrogen and oxygen atoms in total. The van der Waals surface area contributed by atoms with E-state index in [2.05, 4.69) is 68.4 Å². The third-order valence-corrected chi connectivity index (χ3v) is 7.90. The zero-order valence-electron chi connectivity index (χ0n) is 22.5. The van der Waals surface area contributed by atoms with Crippen molar-refractivity contribution in [2.75, 3.05) is 35.6 Å². The molecule has 5 rings (SSSR count). The van der Waals surface area contributed by atoms with Gasteiger partial charge in [-0.15, -0.1) is 0 Å². The van der Waals surface area contributed by atoms with E-state index in [1.807, 2.05) is 32.0 Å². The summed E-state index contributed by atoms with van der Waals surface area (Å²) in [5, 5.41) is 12.4. The van der Waals surface area contributed by atoms with E-state index < -0.39 is 5.41 Å². The zero-order chi connectivity index (χ0) is 26.9. The van der Waals surface area contributed by atoms with Crippen LogP contribution in [0.3, 0.4) is 0 Å². The second kappa shape index (κ2) is 10.9. The molecule has 1 amide bonds. The molecule has 0 aliphatic carbocycles. The number of piperidine rings is 1. The number of amides is 1. The van der Waals surface area contributed by atoms with Crippen LogP contribution in [-0.2, 0) is 16.8 Å². The number of halogens is 1. The average molecular weight is 534 g/mol. The first-order valence-corrected chi connectivity index (χ1v) is 13.7. The number of nitrogens with zero attached hydrogens (tertiary/aromatic N) is 3. The number of carbonyl (C=O) groups is 1. The molecule has 4 N–H and O–H groups in total. The van der Waals surface area contributed by atoms with Gasteiger partial charge in [0.1, 0.15) is 5.02 Å². The van der Waals surface area contributed by atoms with Gasteiger partial charge in [0, 0.05) is 37.6 Å². The van der Waals surface area contributed by atoms with E-state index >= 15 is 0 Å². The van der Waals surface area contributed by atoms with Crippen LogP contribution in [0.2, 0.25) is 5.02 Å². The molecule has 2 aliphatic rings. The molecule has 0 saturated carbocycles. The summed E-state index contributed by atoms with van der Waals surface area (Å²) < 4.78 is 0. The number of benzene rings is 2. The minimum Gasteiger partial charge on any atom is -0.365 e. The van der Waals surface area contributed by atoms with Crippen molar-refractivity contribution < 1.29 is 4.79 Å². The van der Waals surface area contributed by atoms with Gasteiger partial charge in [-0.3, -0.25) is 10.2 Å². The van der Waals surface area contributed by atoms with Crippen LogP contribution in [0.25, 0.3) is 0 Å². The Morgan fingerprint density at radius 3 is 2.71 bits per heavy atom. The molecule has 200 valence electrons. The normalized spacial score (nSPS) is 17.2. The summed E-state index contributed by atoms with van der Waals surface area (Å²) in [5.74, 6) is 1.60. The minimum absolute atomic E-state index is 0.00635. The van der Waals surface area contributed by atoms with Gasteiger partial charge in [-0.1, -0.05) is 42.8 Å². The average Bonchev–Trinajstić information content (AvgIpc) is 3.14. The lowest BCUT2D eigenvalue weighted by Gasteiger charge is -2.32. The Kier molecular flexibility index (Phi) is 7.56. The molecule has 0 radical (unpaired) electrons. The van der Waals surface area contributed by atoms with E-state index in [1.165, 1.54) is 5.56 Å². The molecule has 0 bridgehead atoms. The monoisotopic (exact) mass is 533 g/mol. The van der Waals surface area contributed by atoms with E-state index in [9.17, 15) is 4.79 Å². The first-order chi connectivity index (χ1) is 18.3. The van der Waals surface area contributed by atoms with Crippen LogP contribution in [0.15, 0.2) is 42.6 Å². The van der Waals surface area contributed by atoms with E-state index in [4.69, 9.17) is 11.6 Å². The number of carbonyl (C=O) groups excluding carboxylic acids is 1. The Morgan fingerprint density at radius 2 is 1.97 bits per heavy atom. The summed E-state index contributed by atoms with van der Waals surface area (Å²) in [4.78, 5) is 21.5. The van der Waals surface area contributed by atoms with Crippen molar-refractivity contribution in [3.05, 3.63) is 69.9 Å². The molecule has 1 aromatic heterocycles. The molecular formula is C29H36ClN7O. The number of nitrogens with one attached hydrogen (secondary N) is 4. The maximum absolute atomic E-state index is 12.4. The molecule has 9 heteroatoms. The summed E-state index contributed by atoms with van der Waals surface area (Å²) in [6.07, 6.45) is 3.91. The van der Waals surface area contributed by atoms with Crippen molar-refractivity contribution in [1.29, 1.82) is 0 Å². The quantitative estimate of drug-likeness (QED) is 0.294. The maximum Gasteiger partial charge on any atom is 0.234 e. The third kappa shape index (κ3) is 5.34. The smallest absolute Gasteiger partial charge is 0.234 e. The van der Waals surface area contributed by atoms with Crippen molar-refractivity contribution in [3.63, 3.8) is 0 Å². The fourth-order valence-electron chi connectivity index (χ4n) is 5.51. The van der Waals surface area contributed by atoms with Crippen LogP contribution in [0.5, 0.6) is 0 Å². The fourth-order valence-corrected chi connectivity index (χ4v) is 5.67. The summed E-state index contributed by atoms with van der Waals surface area (Å²) in [7, 11) is 0. The summed E-state index contributed by atoms with van der Waals surface area (Å²) in [6.45, 7) is 11.7. The predicted molar refractivity (Wildman–Crippen MR) is 154 cm³/mol. The van der Waals surface area contributed by atoms with Gasteiger partial charge in [-0.25, -0.2) is 9.99 Å². The minimum atomic E-state index is -0.594. The van der Waals surface area contributed by atoms with Crippen molar-refractivity contribution in [2.24, 2.45) is 0 Å². The van der Waals surface area contributed by atoms with E-state index in [-0.39, 0.29) is 5.91 Å². The molecule has 3 aromatic rings.